The number of ketones is 1. The maximum atomic E-state index is 12.3. The number of fused-ring (bicyclic) bond motifs is 5. The Morgan fingerprint density at radius 2 is 1.96 bits per heavy atom. The number of Topliss-reactive ketones (excluding diaryl/α,β-unsaturated/α-hetero) is 1. The van der Waals surface area contributed by atoms with Gasteiger partial charge in [0, 0.05) is 11.3 Å². The van der Waals surface area contributed by atoms with Crippen LogP contribution in [-0.2, 0) is 4.79 Å². The van der Waals surface area contributed by atoms with Crippen molar-refractivity contribution in [1.29, 1.82) is 0 Å². The number of rotatable bonds is 1. The quantitative estimate of drug-likeness (QED) is 0.369. The lowest BCUT2D eigenvalue weighted by molar-refractivity contribution is -0.140. The molecule has 1 unspecified atom stereocenters. The van der Waals surface area contributed by atoms with Crippen LogP contribution in [-0.4, -0.2) is 11.8 Å². The molecule has 4 nitrogen and oxygen atoms in total. The molecule has 4 rings (SSSR count). The fourth-order valence-corrected chi connectivity index (χ4v) is 7.26. The van der Waals surface area contributed by atoms with Crippen molar-refractivity contribution in [3.05, 3.63) is 10.4 Å². The van der Waals surface area contributed by atoms with Crippen LogP contribution in [0.25, 0.3) is 10.4 Å². The van der Waals surface area contributed by atoms with E-state index in [2.05, 4.69) is 23.9 Å². The van der Waals surface area contributed by atoms with Crippen molar-refractivity contribution in [3.63, 3.8) is 0 Å². The van der Waals surface area contributed by atoms with Crippen molar-refractivity contribution < 1.29 is 4.79 Å². The summed E-state index contributed by atoms with van der Waals surface area (Å²) < 4.78 is 0. The standard InChI is InChI=1S/C19H29N3O/c1-18-8-3-4-14(18)13-6-5-12-10-17(23)16(21-22-20)11-19(12,2)15(13)7-9-18/h12-16H,3-11H2,1-2H3/t12-,13-,14?,15-,16+,18-,19-/m0/s1. The molecular formula is C19H29N3O. The summed E-state index contributed by atoms with van der Waals surface area (Å²) in [6, 6.07) is -0.406. The van der Waals surface area contributed by atoms with Crippen molar-refractivity contribution in [2.45, 2.75) is 77.7 Å². The summed E-state index contributed by atoms with van der Waals surface area (Å²) in [6.45, 7) is 4.95. The smallest absolute Gasteiger partial charge is 0.142 e. The molecule has 0 aliphatic heterocycles. The molecule has 7 atom stereocenters. The zero-order chi connectivity index (χ0) is 16.2. The minimum absolute atomic E-state index is 0.185. The Bertz CT molecular complexity index is 569. The van der Waals surface area contributed by atoms with Gasteiger partial charge >= 0.3 is 0 Å². The lowest BCUT2D eigenvalue weighted by atomic mass is 9.45. The summed E-state index contributed by atoms with van der Waals surface area (Å²) in [6.07, 6.45) is 10.9. The van der Waals surface area contributed by atoms with Gasteiger partial charge in [-0.2, -0.15) is 0 Å². The highest BCUT2D eigenvalue weighted by Crippen LogP contribution is 2.66. The van der Waals surface area contributed by atoms with Gasteiger partial charge in [-0.1, -0.05) is 25.4 Å². The molecule has 4 aliphatic carbocycles. The predicted molar refractivity (Wildman–Crippen MR) is 89.7 cm³/mol. The summed E-state index contributed by atoms with van der Waals surface area (Å²) in [7, 11) is 0. The molecule has 0 aromatic heterocycles. The van der Waals surface area contributed by atoms with Crippen molar-refractivity contribution in [1.82, 2.24) is 0 Å². The molecule has 4 aliphatic rings. The van der Waals surface area contributed by atoms with Crippen LogP contribution in [0.3, 0.4) is 0 Å². The van der Waals surface area contributed by atoms with Gasteiger partial charge in [0.05, 0.1) is 6.04 Å². The predicted octanol–water partition coefficient (Wildman–Crippen LogP) is 5.28. The molecule has 0 aromatic rings. The summed E-state index contributed by atoms with van der Waals surface area (Å²) in [5.74, 6) is 3.19. The topological polar surface area (TPSA) is 65.8 Å². The minimum atomic E-state index is -0.406. The van der Waals surface area contributed by atoms with E-state index in [9.17, 15) is 4.79 Å². The molecular weight excluding hydrogens is 286 g/mol. The average molecular weight is 315 g/mol. The third-order valence-electron chi connectivity index (χ3n) is 8.49. The van der Waals surface area contributed by atoms with Gasteiger partial charge in [0.1, 0.15) is 5.78 Å². The van der Waals surface area contributed by atoms with Crippen LogP contribution in [0, 0.1) is 34.5 Å². The zero-order valence-electron chi connectivity index (χ0n) is 14.5. The number of hydrogen-bond acceptors (Lipinski definition) is 2. The second-order valence-electron chi connectivity index (χ2n) is 9.34. The first-order valence-corrected chi connectivity index (χ1v) is 9.55. The summed E-state index contributed by atoms with van der Waals surface area (Å²) >= 11 is 0. The van der Waals surface area contributed by atoms with E-state index in [0.29, 0.717) is 17.8 Å². The average Bonchev–Trinajstić information content (AvgIpc) is 2.91. The van der Waals surface area contributed by atoms with Crippen LogP contribution in [0.15, 0.2) is 5.11 Å². The van der Waals surface area contributed by atoms with Gasteiger partial charge in [-0.15, -0.1) is 0 Å². The molecule has 23 heavy (non-hydrogen) atoms. The van der Waals surface area contributed by atoms with Crippen LogP contribution >= 0.6 is 0 Å². The summed E-state index contributed by atoms with van der Waals surface area (Å²) in [5, 5.41) is 3.85. The van der Waals surface area contributed by atoms with Crippen LogP contribution in [0.2, 0.25) is 0 Å². The van der Waals surface area contributed by atoms with Crippen molar-refractivity contribution >= 4 is 5.78 Å². The number of nitrogens with zero attached hydrogens (tertiary/aromatic N) is 3. The van der Waals surface area contributed by atoms with E-state index in [4.69, 9.17) is 5.53 Å². The first-order valence-electron chi connectivity index (χ1n) is 9.55. The minimum Gasteiger partial charge on any atom is -0.299 e. The maximum absolute atomic E-state index is 12.3. The van der Waals surface area contributed by atoms with Crippen LogP contribution in [0.4, 0.5) is 0 Å². The molecule has 0 bridgehead atoms. The van der Waals surface area contributed by atoms with Crippen molar-refractivity contribution in [2.75, 3.05) is 0 Å². The molecule has 4 fully saturated rings. The molecule has 0 amide bonds. The number of hydrogen-bond donors (Lipinski definition) is 0. The molecule has 4 heteroatoms. The van der Waals surface area contributed by atoms with Gasteiger partial charge in [0.15, 0.2) is 0 Å². The SMILES string of the molecule is C[C@@]12CCCC1[C@@H]1CC[C@H]3CC(=O)[C@H](N=[N+]=[N-])C[C@]3(C)[C@H]1CC2. The summed E-state index contributed by atoms with van der Waals surface area (Å²) in [4.78, 5) is 15.3. The third-order valence-corrected chi connectivity index (χ3v) is 8.49. The first-order chi connectivity index (χ1) is 11.0. The van der Waals surface area contributed by atoms with E-state index in [1.165, 1.54) is 44.9 Å². The Balaban J connectivity index is 1.65. The van der Waals surface area contributed by atoms with Crippen LogP contribution < -0.4 is 0 Å². The molecule has 0 heterocycles. The van der Waals surface area contributed by atoms with Gasteiger partial charge in [0.25, 0.3) is 0 Å². The van der Waals surface area contributed by atoms with Gasteiger partial charge in [0.2, 0.25) is 0 Å². The lowest BCUT2D eigenvalue weighted by Crippen LogP contribution is -2.55. The molecule has 126 valence electrons. The van der Waals surface area contributed by atoms with E-state index >= 15 is 0 Å². The van der Waals surface area contributed by atoms with E-state index < -0.39 is 6.04 Å². The fraction of sp³-hybridized carbons (Fsp3) is 0.947. The van der Waals surface area contributed by atoms with Crippen LogP contribution in [0.1, 0.15) is 71.6 Å². The number of carbonyl (C=O) groups excluding carboxylic acids is 1. The monoisotopic (exact) mass is 315 g/mol. The Kier molecular flexibility index (Phi) is 3.53. The van der Waals surface area contributed by atoms with Crippen molar-refractivity contribution in [2.24, 2.45) is 39.6 Å². The van der Waals surface area contributed by atoms with Gasteiger partial charge in [-0.05, 0) is 85.0 Å². The molecule has 0 spiro atoms. The summed E-state index contributed by atoms with van der Waals surface area (Å²) in [5.41, 5.74) is 9.60. The second-order valence-corrected chi connectivity index (χ2v) is 9.34. The van der Waals surface area contributed by atoms with Gasteiger partial charge in [-0.25, -0.2) is 0 Å². The Hall–Kier alpha value is -1.02. The Morgan fingerprint density at radius 1 is 1.13 bits per heavy atom. The van der Waals surface area contributed by atoms with Gasteiger partial charge < -0.3 is 0 Å². The second kappa shape index (κ2) is 5.24. The number of azide groups is 1. The van der Waals surface area contributed by atoms with E-state index in [-0.39, 0.29) is 11.2 Å². The maximum Gasteiger partial charge on any atom is 0.142 e. The van der Waals surface area contributed by atoms with E-state index in [0.717, 1.165) is 24.2 Å². The molecule has 0 saturated heterocycles. The fourth-order valence-electron chi connectivity index (χ4n) is 7.26. The molecule has 0 aromatic carbocycles. The lowest BCUT2D eigenvalue weighted by Gasteiger charge is -2.60. The highest BCUT2D eigenvalue weighted by Gasteiger charge is 2.58. The van der Waals surface area contributed by atoms with Crippen molar-refractivity contribution in [3.8, 4) is 0 Å². The third kappa shape index (κ3) is 2.17. The Labute approximate surface area is 139 Å². The van der Waals surface area contributed by atoms with E-state index in [1.807, 2.05) is 0 Å². The molecule has 0 N–H and O–H groups in total. The highest BCUT2D eigenvalue weighted by atomic mass is 16.1. The largest absolute Gasteiger partial charge is 0.299 e. The zero-order valence-corrected chi connectivity index (χ0v) is 14.5. The Morgan fingerprint density at radius 3 is 2.74 bits per heavy atom. The van der Waals surface area contributed by atoms with Crippen LogP contribution in [0.5, 0.6) is 0 Å². The van der Waals surface area contributed by atoms with E-state index in [1.54, 1.807) is 0 Å². The normalized spacial score (nSPS) is 52.1. The number of carbonyl (C=O) groups is 1. The highest BCUT2D eigenvalue weighted by molar-refractivity contribution is 5.85. The molecule has 0 radical (unpaired) electrons. The molecule has 4 saturated carbocycles. The van der Waals surface area contributed by atoms with Gasteiger partial charge in [-0.3, -0.25) is 4.79 Å². The first kappa shape index (κ1) is 15.5.